The largest absolute Gasteiger partial charge is 0.380 e. The van der Waals surface area contributed by atoms with E-state index in [1.54, 1.807) is 11.8 Å². The lowest BCUT2D eigenvalue weighted by atomic mass is 10.1. The number of morpholine rings is 1. The molecule has 3 rings (SSSR count). The topological polar surface area (TPSA) is 63.9 Å². The van der Waals surface area contributed by atoms with Gasteiger partial charge in [-0.15, -0.1) is 0 Å². The van der Waals surface area contributed by atoms with Gasteiger partial charge in [0.2, 0.25) is 0 Å². The van der Waals surface area contributed by atoms with Crippen LogP contribution in [0.4, 0.5) is 0 Å². The molecule has 140 valence electrons. The molecule has 1 aliphatic heterocycles. The van der Waals surface area contributed by atoms with Gasteiger partial charge in [-0.25, -0.2) is 0 Å². The first kappa shape index (κ1) is 18.4. The first-order valence-electron chi connectivity index (χ1n) is 8.82. The number of hydrogen-bond donors (Lipinski definition) is 1. The Labute approximate surface area is 154 Å². The minimum Gasteiger partial charge on any atom is -0.380 e. The van der Waals surface area contributed by atoms with E-state index in [0.717, 1.165) is 24.6 Å². The molecule has 1 saturated heterocycles. The number of benzene rings is 1. The van der Waals surface area contributed by atoms with Crippen LogP contribution in [-0.4, -0.2) is 54.5 Å². The summed E-state index contributed by atoms with van der Waals surface area (Å²) in [6, 6.07) is 8.29. The lowest BCUT2D eigenvalue weighted by molar-refractivity contribution is -0.00805. The summed E-state index contributed by atoms with van der Waals surface area (Å²) in [5, 5.41) is 7.72. The Balaban J connectivity index is 1.64. The lowest BCUT2D eigenvalue weighted by Gasteiger charge is -2.34. The van der Waals surface area contributed by atoms with Crippen molar-refractivity contribution >= 4 is 5.96 Å². The van der Waals surface area contributed by atoms with Gasteiger partial charge in [0.25, 0.3) is 0 Å². The number of aromatic nitrogens is 2. The number of guanidine groups is 1. The van der Waals surface area contributed by atoms with Crippen molar-refractivity contribution in [2.75, 3.05) is 33.9 Å². The molecule has 1 N–H and O–H groups in total. The number of rotatable bonds is 5. The molecule has 1 unspecified atom stereocenters. The lowest BCUT2D eigenvalue weighted by Crippen LogP contribution is -2.48. The maximum absolute atomic E-state index is 5.92. The van der Waals surface area contributed by atoms with Gasteiger partial charge in [0.05, 0.1) is 26.0 Å². The zero-order chi connectivity index (χ0) is 18.4. The fourth-order valence-corrected chi connectivity index (χ4v) is 3.18. The fourth-order valence-electron chi connectivity index (χ4n) is 3.18. The summed E-state index contributed by atoms with van der Waals surface area (Å²) in [5.41, 5.74) is 3.50. The zero-order valence-electron chi connectivity index (χ0n) is 15.7. The summed E-state index contributed by atoms with van der Waals surface area (Å²) in [4.78, 5) is 6.70. The molecule has 0 bridgehead atoms. The Morgan fingerprint density at radius 3 is 2.88 bits per heavy atom. The van der Waals surface area contributed by atoms with Crippen LogP contribution in [0.3, 0.4) is 0 Å². The van der Waals surface area contributed by atoms with Crippen LogP contribution in [0.1, 0.15) is 22.8 Å². The molecule has 1 fully saturated rings. The highest BCUT2D eigenvalue weighted by Gasteiger charge is 2.25. The predicted octanol–water partition coefficient (Wildman–Crippen LogP) is 1.72. The summed E-state index contributed by atoms with van der Waals surface area (Å²) in [6.07, 6.45) is 3.88. The van der Waals surface area contributed by atoms with E-state index in [1.807, 2.05) is 38.6 Å². The maximum atomic E-state index is 5.92. The van der Waals surface area contributed by atoms with E-state index < -0.39 is 0 Å². The van der Waals surface area contributed by atoms with Gasteiger partial charge in [-0.2, -0.15) is 5.10 Å². The number of nitrogens with zero attached hydrogens (tertiary/aromatic N) is 4. The van der Waals surface area contributed by atoms with E-state index in [-0.39, 0.29) is 6.10 Å². The van der Waals surface area contributed by atoms with E-state index in [2.05, 4.69) is 32.4 Å². The molecule has 1 atom stereocenters. The number of aryl methyl sites for hydroxylation is 1. The van der Waals surface area contributed by atoms with Crippen molar-refractivity contribution in [3.8, 4) is 0 Å². The zero-order valence-corrected chi connectivity index (χ0v) is 15.7. The highest BCUT2D eigenvalue weighted by Crippen LogP contribution is 2.21. The fraction of sp³-hybridized carbons (Fsp3) is 0.474. The van der Waals surface area contributed by atoms with Crippen molar-refractivity contribution in [2.45, 2.75) is 19.3 Å². The molecule has 1 aliphatic rings. The third kappa shape index (κ3) is 4.42. The van der Waals surface area contributed by atoms with Crippen molar-refractivity contribution < 1.29 is 9.47 Å². The van der Waals surface area contributed by atoms with Crippen LogP contribution in [0, 0.1) is 0 Å². The highest BCUT2D eigenvalue weighted by molar-refractivity contribution is 5.80. The van der Waals surface area contributed by atoms with Crippen molar-refractivity contribution in [3.63, 3.8) is 0 Å². The highest BCUT2D eigenvalue weighted by atomic mass is 16.5. The van der Waals surface area contributed by atoms with Gasteiger partial charge in [0.1, 0.15) is 6.10 Å². The number of hydrogen-bond acceptors (Lipinski definition) is 4. The smallest absolute Gasteiger partial charge is 0.194 e. The second-order valence-corrected chi connectivity index (χ2v) is 6.36. The second kappa shape index (κ2) is 8.82. The van der Waals surface area contributed by atoms with Crippen LogP contribution in [0.15, 0.2) is 41.7 Å². The van der Waals surface area contributed by atoms with E-state index in [4.69, 9.17) is 9.47 Å². The van der Waals surface area contributed by atoms with Gasteiger partial charge in [-0.3, -0.25) is 9.67 Å². The quantitative estimate of drug-likeness (QED) is 0.652. The molecule has 0 radical (unpaired) electrons. The standard InChI is InChI=1S/C19H27N5O2/c1-20-19(21-10-15-6-4-5-7-16(15)14-25-3)24-8-9-26-18(13-24)17-11-22-23(2)12-17/h4-7,11-12,18H,8-10,13-14H2,1-3H3,(H,20,21). The molecule has 2 heterocycles. The summed E-state index contributed by atoms with van der Waals surface area (Å²) < 4.78 is 13.0. The molecule has 0 amide bonds. The van der Waals surface area contributed by atoms with Gasteiger partial charge in [-0.1, -0.05) is 24.3 Å². The average Bonchev–Trinajstić information content (AvgIpc) is 3.10. The summed E-state index contributed by atoms with van der Waals surface area (Å²) in [7, 11) is 5.45. The SMILES string of the molecule is CN=C(NCc1ccccc1COC)N1CCOC(c2cnn(C)c2)C1. The number of nitrogens with one attached hydrogen (secondary N) is 1. The Morgan fingerprint density at radius 2 is 2.19 bits per heavy atom. The summed E-state index contributed by atoms with van der Waals surface area (Å²) in [5.74, 6) is 0.884. The van der Waals surface area contributed by atoms with E-state index >= 15 is 0 Å². The summed E-state index contributed by atoms with van der Waals surface area (Å²) >= 11 is 0. The van der Waals surface area contributed by atoms with Gasteiger partial charge in [0.15, 0.2) is 5.96 Å². The van der Waals surface area contributed by atoms with E-state index in [0.29, 0.717) is 19.8 Å². The van der Waals surface area contributed by atoms with Crippen molar-refractivity contribution in [2.24, 2.45) is 12.0 Å². The monoisotopic (exact) mass is 357 g/mol. The van der Waals surface area contributed by atoms with Crippen molar-refractivity contribution in [1.82, 2.24) is 20.0 Å². The molecule has 1 aromatic carbocycles. The first-order chi connectivity index (χ1) is 12.7. The molecular weight excluding hydrogens is 330 g/mol. The predicted molar refractivity (Wildman–Crippen MR) is 101 cm³/mol. The van der Waals surface area contributed by atoms with Crippen LogP contribution in [0.25, 0.3) is 0 Å². The minimum atomic E-state index is 0.0109. The molecule has 7 heteroatoms. The number of methoxy groups -OCH3 is 1. The van der Waals surface area contributed by atoms with Crippen LogP contribution < -0.4 is 5.32 Å². The molecular formula is C19H27N5O2. The Kier molecular flexibility index (Phi) is 6.25. The Morgan fingerprint density at radius 1 is 1.38 bits per heavy atom. The van der Waals surface area contributed by atoms with Crippen LogP contribution in [-0.2, 0) is 29.7 Å². The molecule has 0 saturated carbocycles. The van der Waals surface area contributed by atoms with E-state index in [1.165, 1.54) is 11.1 Å². The second-order valence-electron chi connectivity index (χ2n) is 6.36. The van der Waals surface area contributed by atoms with Crippen molar-refractivity contribution in [3.05, 3.63) is 53.3 Å². The van der Waals surface area contributed by atoms with Gasteiger partial charge >= 0.3 is 0 Å². The van der Waals surface area contributed by atoms with Crippen molar-refractivity contribution in [1.29, 1.82) is 0 Å². The van der Waals surface area contributed by atoms with Gasteiger partial charge in [-0.05, 0) is 11.1 Å². The number of aliphatic imine (C=N–C) groups is 1. The van der Waals surface area contributed by atoms with Crippen LogP contribution in [0.2, 0.25) is 0 Å². The molecule has 2 aromatic rings. The average molecular weight is 357 g/mol. The molecule has 0 aliphatic carbocycles. The minimum absolute atomic E-state index is 0.0109. The third-order valence-electron chi connectivity index (χ3n) is 4.53. The van der Waals surface area contributed by atoms with Gasteiger partial charge in [0, 0.05) is 46.1 Å². The molecule has 0 spiro atoms. The molecule has 26 heavy (non-hydrogen) atoms. The molecule has 1 aromatic heterocycles. The van der Waals surface area contributed by atoms with E-state index in [9.17, 15) is 0 Å². The van der Waals surface area contributed by atoms with Gasteiger partial charge < -0.3 is 19.7 Å². The Bertz CT molecular complexity index is 743. The number of ether oxygens (including phenoxy) is 2. The van der Waals surface area contributed by atoms with Crippen LogP contribution >= 0.6 is 0 Å². The third-order valence-corrected chi connectivity index (χ3v) is 4.53. The Hall–Kier alpha value is -2.38. The normalized spacial score (nSPS) is 18.2. The summed E-state index contributed by atoms with van der Waals surface area (Å²) in [6.45, 7) is 3.56. The maximum Gasteiger partial charge on any atom is 0.194 e. The molecule has 7 nitrogen and oxygen atoms in total. The first-order valence-corrected chi connectivity index (χ1v) is 8.82. The van der Waals surface area contributed by atoms with Crippen LogP contribution in [0.5, 0.6) is 0 Å².